The van der Waals surface area contributed by atoms with E-state index in [-0.39, 0.29) is 24.9 Å². The minimum atomic E-state index is -1.81. The number of ether oxygens (including phenoxy) is 1. The van der Waals surface area contributed by atoms with Gasteiger partial charge in [-0.1, -0.05) is 111 Å². The van der Waals surface area contributed by atoms with Crippen molar-refractivity contribution in [2.45, 2.75) is 38.5 Å². The molecule has 1 aliphatic heterocycles. The molecule has 0 amide bonds. The molecule has 2 atom stereocenters. The molecule has 0 radical (unpaired) electrons. The van der Waals surface area contributed by atoms with Crippen molar-refractivity contribution in [1.29, 1.82) is 0 Å². The van der Waals surface area contributed by atoms with Crippen molar-refractivity contribution in [2.24, 2.45) is 5.92 Å². The van der Waals surface area contributed by atoms with E-state index in [0.717, 1.165) is 5.88 Å². The van der Waals surface area contributed by atoms with Crippen molar-refractivity contribution in [3.05, 3.63) is 83.0 Å². The first-order valence-corrected chi connectivity index (χ1v) is 13.0. The molecule has 0 N–H and O–H groups in total. The minimum absolute atomic E-state index is 0. The van der Waals surface area contributed by atoms with Gasteiger partial charge in [-0.3, -0.25) is 0 Å². The summed E-state index contributed by atoms with van der Waals surface area (Å²) in [6.45, 7) is 10.1. The molecule has 4 rings (SSSR count). The quantitative estimate of drug-likeness (QED) is 0.750. The third-order valence-electron chi connectivity index (χ3n) is 6.00. The molecule has 140 valence electrons. The average molecular weight is 382 g/mol. The molecule has 1 heterocycles. The van der Waals surface area contributed by atoms with Crippen molar-refractivity contribution in [3.63, 3.8) is 0 Å². The first-order chi connectivity index (χ1) is 13.0. The zero-order valence-electron chi connectivity index (χ0n) is 17.6. The van der Waals surface area contributed by atoms with Crippen molar-refractivity contribution in [2.75, 3.05) is 6.61 Å². The molecule has 0 bridgehead atoms. The molecule has 0 spiro atoms. The van der Waals surface area contributed by atoms with Crippen molar-refractivity contribution in [1.82, 2.24) is 0 Å². The SMILES string of the molecule is CC(C)[C@H]1CO/C(=C2\c3ccccc3C=C[C@@H]2[Si](C)(C)c2ccccc2)[N-]1.[Li+]. The predicted molar refractivity (Wildman–Crippen MR) is 118 cm³/mol. The molecule has 1 fully saturated rings. The van der Waals surface area contributed by atoms with E-state index in [0.29, 0.717) is 18.1 Å². The monoisotopic (exact) mass is 381 g/mol. The molecule has 2 aliphatic rings. The molecule has 0 saturated carbocycles. The van der Waals surface area contributed by atoms with Crippen LogP contribution in [0, 0.1) is 5.92 Å². The van der Waals surface area contributed by atoms with Crippen LogP contribution in [0.5, 0.6) is 0 Å². The summed E-state index contributed by atoms with van der Waals surface area (Å²) in [4.78, 5) is 0. The first-order valence-electron chi connectivity index (χ1n) is 9.89. The third-order valence-corrected chi connectivity index (χ3v) is 9.86. The molecule has 2 aromatic carbocycles. The molecule has 1 aliphatic carbocycles. The van der Waals surface area contributed by atoms with Crippen LogP contribution in [0.2, 0.25) is 18.6 Å². The van der Waals surface area contributed by atoms with E-state index < -0.39 is 8.07 Å². The molecule has 2 nitrogen and oxygen atoms in total. The second-order valence-electron chi connectivity index (χ2n) is 8.48. The van der Waals surface area contributed by atoms with Crippen molar-refractivity contribution in [3.8, 4) is 0 Å². The molecule has 0 aromatic heterocycles. The van der Waals surface area contributed by atoms with Crippen LogP contribution in [-0.2, 0) is 4.74 Å². The summed E-state index contributed by atoms with van der Waals surface area (Å²) < 4.78 is 6.19. The predicted octanol–water partition coefficient (Wildman–Crippen LogP) is 2.80. The van der Waals surface area contributed by atoms with E-state index in [4.69, 9.17) is 10.1 Å². The summed E-state index contributed by atoms with van der Waals surface area (Å²) in [6, 6.07) is 19.9. The Labute approximate surface area is 182 Å². The van der Waals surface area contributed by atoms with Crippen molar-refractivity contribution < 1.29 is 23.6 Å². The summed E-state index contributed by atoms with van der Waals surface area (Å²) in [5.74, 6) is 1.36. The van der Waals surface area contributed by atoms with E-state index in [9.17, 15) is 0 Å². The summed E-state index contributed by atoms with van der Waals surface area (Å²) in [5, 5.41) is 6.48. The zero-order chi connectivity index (χ0) is 19.0. The maximum absolute atomic E-state index is 6.19. The Morgan fingerprint density at radius 3 is 2.36 bits per heavy atom. The Bertz CT molecular complexity index is 888. The van der Waals surface area contributed by atoms with Gasteiger partial charge in [0.15, 0.2) is 0 Å². The topological polar surface area (TPSA) is 23.3 Å². The third kappa shape index (κ3) is 3.76. The van der Waals surface area contributed by atoms with Gasteiger partial charge in [0.05, 0.1) is 14.7 Å². The smallest absolute Gasteiger partial charge is 0.648 e. The summed E-state index contributed by atoms with van der Waals surface area (Å²) in [6.07, 6.45) is 4.68. The number of allylic oxidation sites excluding steroid dienone is 2. The van der Waals surface area contributed by atoms with E-state index in [2.05, 4.69) is 93.7 Å². The molecule has 4 heteroatoms. The number of rotatable bonds is 3. The number of hydrogen-bond donors (Lipinski definition) is 0. The molecule has 28 heavy (non-hydrogen) atoms. The zero-order valence-corrected chi connectivity index (χ0v) is 18.6. The van der Waals surface area contributed by atoms with E-state index in [1.807, 2.05) is 0 Å². The van der Waals surface area contributed by atoms with Gasteiger partial charge in [-0.05, 0) is 16.7 Å². The van der Waals surface area contributed by atoms with Gasteiger partial charge in [-0.2, -0.15) is 0 Å². The standard InChI is InChI=1S/C24H28NOSi.Li/c1-17(2)21-16-26-24(25-21)23-20-13-9-8-10-18(20)14-15-22(23)27(3,4)19-11-6-5-7-12-19;/h5-15,17,21-22H,16H2,1-4H3;/q-1;+1/b24-23+;/t21-,22+;/m1./s1. The Morgan fingerprint density at radius 1 is 1.00 bits per heavy atom. The first kappa shape index (κ1) is 21.1. The summed E-state index contributed by atoms with van der Waals surface area (Å²) in [5.41, 5.74) is 4.18. The molecular formula is C24H28LiNOSi. The van der Waals surface area contributed by atoms with Gasteiger partial charge >= 0.3 is 18.9 Å². The Kier molecular flexibility index (Phi) is 6.29. The van der Waals surface area contributed by atoms with Crippen LogP contribution in [0.15, 0.2) is 66.6 Å². The molecular weight excluding hydrogens is 353 g/mol. The van der Waals surface area contributed by atoms with Crippen LogP contribution < -0.4 is 24.0 Å². The Morgan fingerprint density at radius 2 is 1.68 bits per heavy atom. The van der Waals surface area contributed by atoms with Gasteiger partial charge in [0, 0.05) is 11.4 Å². The maximum Gasteiger partial charge on any atom is 1.00 e. The van der Waals surface area contributed by atoms with Crippen molar-refractivity contribution >= 4 is 24.9 Å². The van der Waals surface area contributed by atoms with E-state index >= 15 is 0 Å². The van der Waals surface area contributed by atoms with Crippen LogP contribution in [0.1, 0.15) is 25.0 Å². The van der Waals surface area contributed by atoms with Gasteiger partial charge in [-0.25, -0.2) is 0 Å². The van der Waals surface area contributed by atoms with Crippen LogP contribution in [0.3, 0.4) is 0 Å². The molecule has 1 saturated heterocycles. The van der Waals surface area contributed by atoms with Gasteiger partial charge < -0.3 is 10.1 Å². The number of hydrogen-bond acceptors (Lipinski definition) is 1. The molecule has 2 aromatic rings. The maximum atomic E-state index is 6.19. The van der Waals surface area contributed by atoms with Crippen LogP contribution in [0.25, 0.3) is 17.0 Å². The summed E-state index contributed by atoms with van der Waals surface area (Å²) in [7, 11) is -1.81. The second-order valence-corrected chi connectivity index (χ2v) is 13.1. The van der Waals surface area contributed by atoms with E-state index in [1.54, 1.807) is 0 Å². The number of fused-ring (bicyclic) bond motifs is 1. The van der Waals surface area contributed by atoms with Crippen LogP contribution >= 0.6 is 0 Å². The largest absolute Gasteiger partial charge is 1.00 e. The average Bonchev–Trinajstić information content (AvgIpc) is 3.18. The fraction of sp³-hybridized carbons (Fsp3) is 0.333. The van der Waals surface area contributed by atoms with Crippen LogP contribution in [0.4, 0.5) is 0 Å². The minimum Gasteiger partial charge on any atom is -0.648 e. The molecule has 0 unspecified atom stereocenters. The van der Waals surface area contributed by atoms with E-state index in [1.165, 1.54) is 21.9 Å². The Balaban J connectivity index is 0.00000225. The van der Waals surface area contributed by atoms with Gasteiger partial charge in [-0.15, -0.1) is 0 Å². The van der Waals surface area contributed by atoms with Gasteiger partial charge in [0.1, 0.15) is 0 Å². The normalized spacial score (nSPS) is 23.6. The Hall–Kier alpha value is -1.67. The van der Waals surface area contributed by atoms with Crippen LogP contribution in [-0.4, -0.2) is 20.7 Å². The number of benzene rings is 2. The van der Waals surface area contributed by atoms with Gasteiger partial charge in [0.2, 0.25) is 0 Å². The second kappa shape index (κ2) is 8.37. The summed E-state index contributed by atoms with van der Waals surface area (Å²) >= 11 is 0. The number of nitrogens with zero attached hydrogens (tertiary/aromatic N) is 1. The van der Waals surface area contributed by atoms with Gasteiger partial charge in [0.25, 0.3) is 0 Å². The fourth-order valence-corrected chi connectivity index (χ4v) is 7.12. The fourth-order valence-electron chi connectivity index (χ4n) is 4.13.